The third kappa shape index (κ3) is 7.18. The van der Waals surface area contributed by atoms with Crippen molar-refractivity contribution in [3.8, 4) is 11.1 Å². The number of carboxylic acids is 1. The van der Waals surface area contributed by atoms with Crippen LogP contribution in [0.5, 0.6) is 0 Å². The smallest absolute Gasteiger partial charge is 0.335 e. The van der Waals surface area contributed by atoms with Gasteiger partial charge in [-0.3, -0.25) is 10.1 Å². The number of hydrogen-bond acceptors (Lipinski definition) is 7. The average molecular weight is 592 g/mol. The number of carbonyl (C=O) groups is 1. The van der Waals surface area contributed by atoms with Crippen LogP contribution in [0.15, 0.2) is 89.8 Å². The monoisotopic (exact) mass is 591 g/mol. The van der Waals surface area contributed by atoms with Gasteiger partial charge in [-0.25, -0.2) is 13.2 Å². The summed E-state index contributed by atoms with van der Waals surface area (Å²) in [6.07, 6.45) is -0.350. The Morgan fingerprint density at radius 2 is 1.67 bits per heavy atom. The van der Waals surface area contributed by atoms with Gasteiger partial charge in [-0.1, -0.05) is 60.7 Å². The van der Waals surface area contributed by atoms with Crippen molar-refractivity contribution in [3.05, 3.63) is 106 Å². The number of likely N-dealkylation sites (N-methyl/N-ethyl adjacent to an activating group) is 1. The van der Waals surface area contributed by atoms with Crippen molar-refractivity contribution in [3.63, 3.8) is 0 Å². The van der Waals surface area contributed by atoms with Crippen LogP contribution in [0.2, 0.25) is 0 Å². The Balaban J connectivity index is 1.48. The highest BCUT2D eigenvalue weighted by atomic mass is 32.2. The van der Waals surface area contributed by atoms with Crippen LogP contribution in [-0.2, 0) is 16.4 Å². The van der Waals surface area contributed by atoms with Crippen LogP contribution in [0.25, 0.3) is 21.9 Å². The summed E-state index contributed by atoms with van der Waals surface area (Å²) in [6, 6.07) is 23.5. The molecule has 0 bridgehead atoms. The summed E-state index contributed by atoms with van der Waals surface area (Å²) in [5.41, 5.74) is 0.110. The molecule has 220 valence electrons. The van der Waals surface area contributed by atoms with Crippen LogP contribution in [0.1, 0.15) is 29.8 Å². The first-order valence-corrected chi connectivity index (χ1v) is 14.7. The first-order valence-electron chi connectivity index (χ1n) is 13.3. The number of aromatic carboxylic acids is 1. The van der Waals surface area contributed by atoms with Crippen molar-refractivity contribution >= 4 is 32.5 Å². The van der Waals surface area contributed by atoms with Crippen molar-refractivity contribution in [2.24, 2.45) is 0 Å². The molecule has 0 saturated heterocycles. The number of nitro benzene ring substituents is 1. The molecule has 0 aliphatic heterocycles. The highest BCUT2D eigenvalue weighted by molar-refractivity contribution is 7.89. The summed E-state index contributed by atoms with van der Waals surface area (Å²) in [6.45, 7) is 3.94. The van der Waals surface area contributed by atoms with Crippen molar-refractivity contribution in [2.45, 2.75) is 36.8 Å². The van der Waals surface area contributed by atoms with Crippen LogP contribution in [-0.4, -0.2) is 65.6 Å². The van der Waals surface area contributed by atoms with E-state index in [2.05, 4.69) is 35.6 Å². The molecule has 0 heterocycles. The molecule has 4 aromatic rings. The zero-order valence-corrected chi connectivity index (χ0v) is 24.3. The highest BCUT2D eigenvalue weighted by Gasteiger charge is 2.28. The summed E-state index contributed by atoms with van der Waals surface area (Å²) in [7, 11) is -2.83. The zero-order valence-electron chi connectivity index (χ0n) is 23.5. The van der Waals surface area contributed by atoms with Gasteiger partial charge in [-0.15, -0.1) is 0 Å². The summed E-state index contributed by atoms with van der Waals surface area (Å²) in [5, 5.41) is 37.2. The van der Waals surface area contributed by atoms with E-state index in [-0.39, 0.29) is 34.7 Å². The molecule has 4 rings (SSSR count). The number of sulfonamides is 1. The number of carboxylic acid groups (broad SMARTS) is 1. The van der Waals surface area contributed by atoms with Crippen LogP contribution in [0.3, 0.4) is 0 Å². The minimum atomic E-state index is -4.17. The molecule has 1 atom stereocenters. The fourth-order valence-electron chi connectivity index (χ4n) is 4.87. The van der Waals surface area contributed by atoms with E-state index in [1.165, 1.54) is 31.3 Å². The molecule has 10 nitrogen and oxygen atoms in total. The summed E-state index contributed by atoms with van der Waals surface area (Å²) in [4.78, 5) is 22.1. The van der Waals surface area contributed by atoms with Gasteiger partial charge in [0.1, 0.15) is 0 Å². The van der Waals surface area contributed by atoms with E-state index in [9.17, 15) is 33.5 Å². The molecule has 42 heavy (non-hydrogen) atoms. The zero-order chi connectivity index (χ0) is 30.7. The standard InChI is InChI=1S/C31H33N3O7S/c1-31(2,18-21-12-13-22-8-4-5-9-23(22)14-21)32-19-27(35)20-33(3)42(40,41)29-11-7-6-10-28(29)24-15-25(30(36)37)17-26(16-24)34(38)39/h4-17,27,32,35H,18-20H2,1-3H3,(H,36,37)/t27-/m1/s1. The van der Waals surface area contributed by atoms with Crippen LogP contribution >= 0.6 is 0 Å². The molecule has 0 radical (unpaired) electrons. The normalized spacial score (nSPS) is 12.9. The lowest BCUT2D eigenvalue weighted by atomic mass is 9.93. The number of fused-ring (bicyclic) bond motifs is 1. The lowest BCUT2D eigenvalue weighted by Crippen LogP contribution is -2.47. The fraction of sp³-hybridized carbons (Fsp3) is 0.258. The lowest BCUT2D eigenvalue weighted by Gasteiger charge is -2.29. The Labute approximate surface area is 244 Å². The molecule has 0 fully saturated rings. The predicted octanol–water partition coefficient (Wildman–Crippen LogP) is 4.71. The minimum Gasteiger partial charge on any atom is -0.478 e. The Bertz CT molecular complexity index is 1710. The fourth-order valence-corrected chi connectivity index (χ4v) is 6.29. The van der Waals surface area contributed by atoms with Gasteiger partial charge in [0.05, 0.1) is 21.5 Å². The van der Waals surface area contributed by atoms with Crippen molar-refractivity contribution < 1.29 is 28.3 Å². The number of nitrogens with one attached hydrogen (secondary N) is 1. The molecule has 4 aromatic carbocycles. The van der Waals surface area contributed by atoms with Gasteiger partial charge in [0, 0.05) is 43.4 Å². The highest BCUT2D eigenvalue weighted by Crippen LogP contribution is 2.32. The van der Waals surface area contributed by atoms with Gasteiger partial charge in [-0.2, -0.15) is 4.31 Å². The largest absolute Gasteiger partial charge is 0.478 e. The molecule has 0 aliphatic carbocycles. The SMILES string of the molecule is CN(C[C@H](O)CNC(C)(C)Cc1ccc2ccccc2c1)S(=O)(=O)c1ccccc1-c1cc(C(=O)O)cc([N+](=O)[O-])c1. The maximum absolute atomic E-state index is 13.6. The molecule has 0 unspecified atom stereocenters. The van der Waals surface area contributed by atoms with Crippen molar-refractivity contribution in [1.82, 2.24) is 9.62 Å². The van der Waals surface area contributed by atoms with Crippen LogP contribution < -0.4 is 5.32 Å². The maximum atomic E-state index is 13.6. The Kier molecular flexibility index (Phi) is 9.07. The van der Waals surface area contributed by atoms with E-state index in [4.69, 9.17) is 0 Å². The van der Waals surface area contributed by atoms with Gasteiger partial charge in [0.2, 0.25) is 10.0 Å². The van der Waals surface area contributed by atoms with Gasteiger partial charge in [0.25, 0.3) is 5.69 Å². The van der Waals surface area contributed by atoms with Crippen molar-refractivity contribution in [2.75, 3.05) is 20.1 Å². The van der Waals surface area contributed by atoms with Gasteiger partial charge in [0.15, 0.2) is 0 Å². The summed E-state index contributed by atoms with van der Waals surface area (Å²) < 4.78 is 28.2. The van der Waals surface area contributed by atoms with Crippen molar-refractivity contribution in [1.29, 1.82) is 0 Å². The third-order valence-electron chi connectivity index (χ3n) is 7.01. The second-order valence-electron chi connectivity index (χ2n) is 10.9. The second kappa shape index (κ2) is 12.4. The lowest BCUT2D eigenvalue weighted by molar-refractivity contribution is -0.384. The summed E-state index contributed by atoms with van der Waals surface area (Å²) in [5.74, 6) is -1.38. The molecule has 0 amide bonds. The Hall–Kier alpha value is -4.16. The van der Waals surface area contributed by atoms with E-state index in [1.807, 2.05) is 26.0 Å². The average Bonchev–Trinajstić information content (AvgIpc) is 2.95. The minimum absolute atomic E-state index is 0.0758. The van der Waals surface area contributed by atoms with E-state index in [1.54, 1.807) is 6.07 Å². The summed E-state index contributed by atoms with van der Waals surface area (Å²) >= 11 is 0. The van der Waals surface area contributed by atoms with E-state index in [0.717, 1.165) is 32.8 Å². The van der Waals surface area contributed by atoms with E-state index >= 15 is 0 Å². The molecular weight excluding hydrogens is 558 g/mol. The molecule has 0 aromatic heterocycles. The van der Waals surface area contributed by atoms with Gasteiger partial charge < -0.3 is 15.5 Å². The molecule has 0 saturated carbocycles. The number of benzene rings is 4. The van der Waals surface area contributed by atoms with E-state index in [0.29, 0.717) is 6.42 Å². The number of non-ortho nitro benzene ring substituents is 1. The van der Waals surface area contributed by atoms with Gasteiger partial charge >= 0.3 is 5.97 Å². The third-order valence-corrected chi connectivity index (χ3v) is 8.89. The van der Waals surface area contributed by atoms with Crippen LogP contribution in [0, 0.1) is 10.1 Å². The number of hydrogen-bond donors (Lipinski definition) is 3. The van der Waals surface area contributed by atoms with E-state index < -0.39 is 38.2 Å². The number of rotatable bonds is 12. The quantitative estimate of drug-likeness (QED) is 0.158. The van der Waals surface area contributed by atoms with Gasteiger partial charge in [-0.05, 0) is 54.3 Å². The first kappa shape index (κ1) is 30.8. The molecule has 11 heteroatoms. The Morgan fingerprint density at radius 1 is 1.00 bits per heavy atom. The molecule has 0 spiro atoms. The number of β-amino-alcohol motifs (C(OH)–C–C–N with tert-alkyl or cyclic N) is 1. The number of aliphatic hydroxyl groups is 1. The topological polar surface area (TPSA) is 150 Å². The molecule has 0 aliphatic rings. The number of aliphatic hydroxyl groups excluding tert-OH is 1. The number of nitro groups is 1. The van der Waals surface area contributed by atoms with Crippen LogP contribution in [0.4, 0.5) is 5.69 Å². The first-order chi connectivity index (χ1) is 19.8. The molecular formula is C31H33N3O7S. The maximum Gasteiger partial charge on any atom is 0.335 e. The predicted molar refractivity (Wildman–Crippen MR) is 161 cm³/mol. The number of nitrogens with zero attached hydrogens (tertiary/aromatic N) is 2. The Morgan fingerprint density at radius 3 is 2.36 bits per heavy atom. The second-order valence-corrected chi connectivity index (χ2v) is 12.9. The molecule has 3 N–H and O–H groups in total.